The predicted octanol–water partition coefficient (Wildman–Crippen LogP) is 1.96. The lowest BCUT2D eigenvalue weighted by atomic mass is 10.0. The Kier molecular flexibility index (Phi) is 5.68. The molecule has 6 heteroatoms. The van der Waals surface area contributed by atoms with Crippen molar-refractivity contribution in [3.05, 3.63) is 0 Å². The largest absolute Gasteiger partial charge is 0.315 e. The third-order valence-corrected chi connectivity index (χ3v) is 7.09. The normalized spacial score (nSPS) is 28.0. The lowest BCUT2D eigenvalue weighted by molar-refractivity contribution is 0.206. The molecule has 0 saturated carbocycles. The standard InChI is InChI=1S/C15H31N3O2S/c1-4-10-16-13-14-8-5-6-11-17(14)21(19,20)18-12-7-9-15(18,2)3/h14,16H,4-13H2,1-3H3. The molecule has 2 aliphatic heterocycles. The number of piperidine rings is 1. The summed E-state index contributed by atoms with van der Waals surface area (Å²) in [7, 11) is -3.33. The van der Waals surface area contributed by atoms with Gasteiger partial charge < -0.3 is 5.32 Å². The molecule has 2 fully saturated rings. The van der Waals surface area contributed by atoms with Gasteiger partial charge in [0.25, 0.3) is 10.2 Å². The SMILES string of the molecule is CCCNCC1CCCCN1S(=O)(=O)N1CCCC1(C)C. The van der Waals surface area contributed by atoms with E-state index >= 15 is 0 Å². The summed E-state index contributed by atoms with van der Waals surface area (Å²) in [6, 6.07) is 0.117. The minimum absolute atomic E-state index is 0.117. The van der Waals surface area contributed by atoms with E-state index in [1.807, 2.05) is 13.8 Å². The summed E-state index contributed by atoms with van der Waals surface area (Å²) in [6.45, 7) is 9.31. The van der Waals surface area contributed by atoms with Crippen LogP contribution in [-0.2, 0) is 10.2 Å². The van der Waals surface area contributed by atoms with Crippen LogP contribution in [0.15, 0.2) is 0 Å². The Labute approximate surface area is 130 Å². The maximum absolute atomic E-state index is 13.1. The first-order valence-electron chi connectivity index (χ1n) is 8.40. The van der Waals surface area contributed by atoms with E-state index in [0.717, 1.165) is 51.6 Å². The first-order valence-corrected chi connectivity index (χ1v) is 9.79. The average molecular weight is 317 g/mol. The fourth-order valence-electron chi connectivity index (χ4n) is 3.56. The molecule has 2 saturated heterocycles. The Morgan fingerprint density at radius 2 is 1.95 bits per heavy atom. The second-order valence-electron chi connectivity index (χ2n) is 6.96. The van der Waals surface area contributed by atoms with Gasteiger partial charge in [-0.3, -0.25) is 0 Å². The van der Waals surface area contributed by atoms with Crippen molar-refractivity contribution in [2.75, 3.05) is 26.2 Å². The predicted molar refractivity (Wildman–Crippen MR) is 86.4 cm³/mol. The quantitative estimate of drug-likeness (QED) is 0.762. The van der Waals surface area contributed by atoms with Gasteiger partial charge in [0.1, 0.15) is 0 Å². The molecule has 0 radical (unpaired) electrons. The van der Waals surface area contributed by atoms with Crippen LogP contribution in [0.25, 0.3) is 0 Å². The summed E-state index contributed by atoms with van der Waals surface area (Å²) in [5, 5.41) is 3.39. The molecule has 0 aromatic carbocycles. The first-order chi connectivity index (χ1) is 9.89. The molecule has 0 aromatic rings. The molecule has 0 spiro atoms. The summed E-state index contributed by atoms with van der Waals surface area (Å²) < 4.78 is 29.6. The zero-order valence-corrected chi connectivity index (χ0v) is 14.6. The highest BCUT2D eigenvalue weighted by Gasteiger charge is 2.45. The number of nitrogens with one attached hydrogen (secondary N) is 1. The smallest absolute Gasteiger partial charge is 0.282 e. The summed E-state index contributed by atoms with van der Waals surface area (Å²) in [5.41, 5.74) is -0.238. The molecule has 2 rings (SSSR count). The molecule has 5 nitrogen and oxygen atoms in total. The van der Waals surface area contributed by atoms with Gasteiger partial charge in [-0.25, -0.2) is 0 Å². The number of hydrogen-bond donors (Lipinski definition) is 1. The van der Waals surface area contributed by atoms with Crippen LogP contribution in [0.4, 0.5) is 0 Å². The number of hydrogen-bond acceptors (Lipinski definition) is 3. The maximum Gasteiger partial charge on any atom is 0.282 e. The topological polar surface area (TPSA) is 52.7 Å². The second-order valence-corrected chi connectivity index (χ2v) is 8.77. The Bertz CT molecular complexity index is 436. The third-order valence-electron chi connectivity index (χ3n) is 4.78. The molecule has 2 heterocycles. The summed E-state index contributed by atoms with van der Waals surface area (Å²) in [4.78, 5) is 0. The van der Waals surface area contributed by atoms with Crippen LogP contribution in [-0.4, -0.2) is 54.8 Å². The maximum atomic E-state index is 13.1. The molecule has 0 amide bonds. The van der Waals surface area contributed by atoms with Crippen molar-refractivity contribution in [3.8, 4) is 0 Å². The van der Waals surface area contributed by atoms with Gasteiger partial charge in [-0.15, -0.1) is 0 Å². The van der Waals surface area contributed by atoms with Crippen molar-refractivity contribution < 1.29 is 8.42 Å². The van der Waals surface area contributed by atoms with Gasteiger partial charge in [0.05, 0.1) is 0 Å². The average Bonchev–Trinajstić information content (AvgIpc) is 2.80. The van der Waals surface area contributed by atoms with E-state index in [1.165, 1.54) is 0 Å². The molecule has 0 aromatic heterocycles. The Morgan fingerprint density at radius 1 is 1.19 bits per heavy atom. The van der Waals surface area contributed by atoms with Crippen LogP contribution in [0, 0.1) is 0 Å². The van der Waals surface area contributed by atoms with Crippen LogP contribution in [0.3, 0.4) is 0 Å². The number of rotatable bonds is 6. The lowest BCUT2D eigenvalue weighted by Gasteiger charge is -2.40. The minimum atomic E-state index is -3.33. The fraction of sp³-hybridized carbons (Fsp3) is 1.00. The van der Waals surface area contributed by atoms with Gasteiger partial charge in [-0.2, -0.15) is 17.0 Å². The molecule has 0 bridgehead atoms. The Balaban J connectivity index is 2.12. The van der Waals surface area contributed by atoms with Gasteiger partial charge in [0.2, 0.25) is 0 Å². The van der Waals surface area contributed by atoms with Gasteiger partial charge in [0, 0.05) is 31.2 Å². The van der Waals surface area contributed by atoms with Crippen LogP contribution < -0.4 is 5.32 Å². The van der Waals surface area contributed by atoms with Gasteiger partial charge in [0.15, 0.2) is 0 Å². The van der Waals surface area contributed by atoms with Crippen molar-refractivity contribution in [2.24, 2.45) is 0 Å². The second kappa shape index (κ2) is 6.94. The van der Waals surface area contributed by atoms with E-state index < -0.39 is 10.2 Å². The van der Waals surface area contributed by atoms with E-state index in [2.05, 4.69) is 12.2 Å². The monoisotopic (exact) mass is 317 g/mol. The van der Waals surface area contributed by atoms with E-state index in [9.17, 15) is 8.42 Å². The zero-order chi connectivity index (χ0) is 15.5. The lowest BCUT2D eigenvalue weighted by Crippen LogP contribution is -2.56. The van der Waals surface area contributed by atoms with Crippen LogP contribution >= 0.6 is 0 Å². The zero-order valence-electron chi connectivity index (χ0n) is 13.8. The van der Waals surface area contributed by atoms with Gasteiger partial charge in [-0.05, 0) is 52.5 Å². The molecular formula is C15H31N3O2S. The molecular weight excluding hydrogens is 286 g/mol. The molecule has 1 N–H and O–H groups in total. The summed E-state index contributed by atoms with van der Waals surface area (Å²) in [6.07, 6.45) is 6.10. The van der Waals surface area contributed by atoms with Gasteiger partial charge >= 0.3 is 0 Å². The molecule has 124 valence electrons. The van der Waals surface area contributed by atoms with E-state index in [1.54, 1.807) is 8.61 Å². The highest BCUT2D eigenvalue weighted by Crippen LogP contribution is 2.34. The van der Waals surface area contributed by atoms with Gasteiger partial charge in [-0.1, -0.05) is 13.3 Å². The first kappa shape index (κ1) is 17.2. The van der Waals surface area contributed by atoms with E-state index in [-0.39, 0.29) is 11.6 Å². The minimum Gasteiger partial charge on any atom is -0.315 e. The molecule has 1 unspecified atom stereocenters. The Hall–Kier alpha value is -0.170. The third kappa shape index (κ3) is 3.78. The van der Waals surface area contributed by atoms with Crippen LogP contribution in [0.1, 0.15) is 59.3 Å². The van der Waals surface area contributed by atoms with E-state index in [4.69, 9.17) is 0 Å². The van der Waals surface area contributed by atoms with Crippen molar-refractivity contribution in [2.45, 2.75) is 70.9 Å². The molecule has 21 heavy (non-hydrogen) atoms. The summed E-state index contributed by atoms with van der Waals surface area (Å²) in [5.74, 6) is 0. The van der Waals surface area contributed by atoms with Crippen molar-refractivity contribution in [1.29, 1.82) is 0 Å². The van der Waals surface area contributed by atoms with Crippen LogP contribution in [0.2, 0.25) is 0 Å². The number of nitrogens with zero attached hydrogens (tertiary/aromatic N) is 2. The highest BCUT2D eigenvalue weighted by atomic mass is 32.2. The Morgan fingerprint density at radius 3 is 2.57 bits per heavy atom. The highest BCUT2D eigenvalue weighted by molar-refractivity contribution is 7.86. The van der Waals surface area contributed by atoms with Crippen LogP contribution in [0.5, 0.6) is 0 Å². The molecule has 0 aliphatic carbocycles. The molecule has 2 aliphatic rings. The van der Waals surface area contributed by atoms with Crippen molar-refractivity contribution in [1.82, 2.24) is 13.9 Å². The fourth-order valence-corrected chi connectivity index (χ4v) is 5.81. The van der Waals surface area contributed by atoms with Crippen molar-refractivity contribution >= 4 is 10.2 Å². The van der Waals surface area contributed by atoms with Crippen molar-refractivity contribution in [3.63, 3.8) is 0 Å². The summed E-state index contributed by atoms with van der Waals surface area (Å²) >= 11 is 0. The molecule has 1 atom stereocenters. The van der Waals surface area contributed by atoms with E-state index in [0.29, 0.717) is 13.1 Å².